The van der Waals surface area contributed by atoms with Crippen molar-refractivity contribution in [1.82, 2.24) is 5.32 Å². The maximum absolute atomic E-state index is 11.8. The number of carbonyl (C=O) groups is 2. The van der Waals surface area contributed by atoms with Gasteiger partial charge in [0.25, 0.3) is 5.91 Å². The average molecular weight is 289 g/mol. The number of hydrogen-bond donors (Lipinski definition) is 2. The third kappa shape index (κ3) is 3.85. The number of rotatable bonds is 5. The minimum absolute atomic E-state index is 0.0168. The molecular weight excluding hydrogens is 274 g/mol. The average Bonchev–Trinajstić information content (AvgIpc) is 2.98. The van der Waals surface area contributed by atoms with Gasteiger partial charge < -0.3 is 19.6 Å². The van der Waals surface area contributed by atoms with Gasteiger partial charge in [0.1, 0.15) is 17.1 Å². The summed E-state index contributed by atoms with van der Waals surface area (Å²) in [6, 6.07) is 9.41. The number of amides is 1. The molecule has 1 amide bonds. The highest BCUT2D eigenvalue weighted by molar-refractivity contribution is 5.94. The molecule has 1 aromatic heterocycles. The van der Waals surface area contributed by atoms with Crippen LogP contribution in [0.3, 0.4) is 0 Å². The number of ether oxygens (including phenoxy) is 1. The molecule has 0 fully saturated rings. The van der Waals surface area contributed by atoms with Gasteiger partial charge in [-0.3, -0.25) is 4.79 Å². The Labute approximate surface area is 121 Å². The van der Waals surface area contributed by atoms with E-state index in [2.05, 4.69) is 5.32 Å². The Kier molecular flexibility index (Phi) is 4.61. The molecular formula is C15H15NO5. The topological polar surface area (TPSA) is 88.8 Å². The summed E-state index contributed by atoms with van der Waals surface area (Å²) in [4.78, 5) is 23.6. The molecule has 0 unspecified atom stereocenters. The molecule has 0 radical (unpaired) electrons. The minimum atomic E-state index is -0.980. The van der Waals surface area contributed by atoms with Crippen molar-refractivity contribution in [2.45, 2.75) is 19.6 Å². The Morgan fingerprint density at radius 1 is 1.29 bits per heavy atom. The quantitative estimate of drug-likeness (QED) is 0.820. The Morgan fingerprint density at radius 2 is 2.05 bits per heavy atom. The van der Waals surface area contributed by atoms with Gasteiger partial charge in [0.05, 0.1) is 12.8 Å². The van der Waals surface area contributed by atoms with Gasteiger partial charge >= 0.3 is 5.97 Å². The number of benzene rings is 1. The van der Waals surface area contributed by atoms with Crippen LogP contribution in [-0.4, -0.2) is 23.1 Å². The zero-order chi connectivity index (χ0) is 15.2. The molecule has 0 bridgehead atoms. The number of furan rings is 1. The first-order valence-electron chi connectivity index (χ1n) is 6.37. The van der Waals surface area contributed by atoms with Crippen LogP contribution >= 0.6 is 0 Å². The lowest BCUT2D eigenvalue weighted by atomic mass is 10.2. The first-order chi connectivity index (χ1) is 10.1. The van der Waals surface area contributed by atoms with E-state index in [0.717, 1.165) is 0 Å². The summed E-state index contributed by atoms with van der Waals surface area (Å²) in [5.74, 6) is -0.794. The summed E-state index contributed by atoms with van der Waals surface area (Å²) in [7, 11) is 0. The van der Waals surface area contributed by atoms with Crippen LogP contribution in [0.1, 0.15) is 23.0 Å². The Bertz CT molecular complexity index is 621. The zero-order valence-electron chi connectivity index (χ0n) is 11.4. The first-order valence-corrected chi connectivity index (χ1v) is 6.37. The van der Waals surface area contributed by atoms with Crippen molar-refractivity contribution in [1.29, 1.82) is 0 Å². The van der Waals surface area contributed by atoms with Crippen LogP contribution in [0.2, 0.25) is 0 Å². The summed E-state index contributed by atoms with van der Waals surface area (Å²) in [6.45, 7) is 1.67. The predicted molar refractivity (Wildman–Crippen MR) is 73.5 cm³/mol. The summed E-state index contributed by atoms with van der Waals surface area (Å²) >= 11 is 0. The van der Waals surface area contributed by atoms with E-state index in [-0.39, 0.29) is 17.9 Å². The maximum atomic E-state index is 11.8. The fourth-order valence-corrected chi connectivity index (χ4v) is 1.65. The third-order valence-electron chi connectivity index (χ3n) is 2.79. The van der Waals surface area contributed by atoms with Gasteiger partial charge in [-0.05, 0) is 31.2 Å². The summed E-state index contributed by atoms with van der Waals surface area (Å²) < 4.78 is 10.1. The molecule has 6 nitrogen and oxygen atoms in total. The van der Waals surface area contributed by atoms with E-state index < -0.39 is 18.0 Å². The highest BCUT2D eigenvalue weighted by atomic mass is 16.5. The van der Waals surface area contributed by atoms with E-state index in [4.69, 9.17) is 9.15 Å². The molecule has 0 aliphatic carbocycles. The second-order valence-electron chi connectivity index (χ2n) is 4.36. The number of esters is 1. The molecule has 0 aliphatic heterocycles. The van der Waals surface area contributed by atoms with Crippen molar-refractivity contribution < 1.29 is 23.8 Å². The molecule has 2 N–H and O–H groups in total. The van der Waals surface area contributed by atoms with E-state index in [1.165, 1.54) is 25.3 Å². The van der Waals surface area contributed by atoms with Crippen LogP contribution in [0.4, 0.5) is 0 Å². The van der Waals surface area contributed by atoms with Gasteiger partial charge in [0.15, 0.2) is 6.10 Å². The van der Waals surface area contributed by atoms with E-state index in [0.29, 0.717) is 5.76 Å². The molecule has 0 aliphatic rings. The van der Waals surface area contributed by atoms with Crippen molar-refractivity contribution in [3.05, 3.63) is 54.0 Å². The van der Waals surface area contributed by atoms with Crippen LogP contribution in [0, 0.1) is 0 Å². The monoisotopic (exact) mass is 289 g/mol. The predicted octanol–water partition coefficient (Wildman–Crippen LogP) is 1.85. The first kappa shape index (κ1) is 14.6. The molecule has 0 saturated carbocycles. The Balaban J connectivity index is 1.88. The Morgan fingerprint density at radius 3 is 2.71 bits per heavy atom. The van der Waals surface area contributed by atoms with Crippen molar-refractivity contribution >= 4 is 11.9 Å². The normalized spacial score (nSPS) is 11.7. The molecule has 6 heteroatoms. The van der Waals surface area contributed by atoms with E-state index in [9.17, 15) is 14.7 Å². The number of phenolic OH excluding ortho intramolecular Hbond substituents is 1. The standard InChI is InChI=1S/C15H15NO5/c1-10(14(18)16-9-11-5-4-8-20-11)21-15(19)12-6-2-3-7-13(12)17/h2-8,10,17H,9H2,1H3,(H,16,18)/t10-/m0/s1. The van der Waals surface area contributed by atoms with Crippen LogP contribution in [0.5, 0.6) is 5.75 Å². The van der Waals surface area contributed by atoms with Crippen LogP contribution in [0.15, 0.2) is 47.1 Å². The Hall–Kier alpha value is -2.76. The van der Waals surface area contributed by atoms with E-state index in [1.807, 2.05) is 0 Å². The SMILES string of the molecule is C[C@H](OC(=O)c1ccccc1O)C(=O)NCc1ccco1. The molecule has 0 saturated heterocycles. The largest absolute Gasteiger partial charge is 0.507 e. The van der Waals surface area contributed by atoms with Gasteiger partial charge in [0.2, 0.25) is 0 Å². The van der Waals surface area contributed by atoms with Crippen molar-refractivity contribution in [2.75, 3.05) is 0 Å². The van der Waals surface area contributed by atoms with Crippen LogP contribution in [-0.2, 0) is 16.1 Å². The van der Waals surface area contributed by atoms with E-state index in [1.54, 1.807) is 24.3 Å². The molecule has 2 rings (SSSR count). The highest BCUT2D eigenvalue weighted by Gasteiger charge is 2.20. The fraction of sp³-hybridized carbons (Fsp3) is 0.200. The minimum Gasteiger partial charge on any atom is -0.507 e. The number of aromatic hydroxyl groups is 1. The van der Waals surface area contributed by atoms with Crippen molar-refractivity contribution in [3.8, 4) is 5.75 Å². The van der Waals surface area contributed by atoms with Crippen LogP contribution in [0.25, 0.3) is 0 Å². The lowest BCUT2D eigenvalue weighted by molar-refractivity contribution is -0.129. The molecule has 21 heavy (non-hydrogen) atoms. The van der Waals surface area contributed by atoms with Gasteiger partial charge in [-0.15, -0.1) is 0 Å². The third-order valence-corrected chi connectivity index (χ3v) is 2.79. The molecule has 1 heterocycles. The summed E-state index contributed by atoms with van der Waals surface area (Å²) in [5, 5.41) is 12.1. The van der Waals surface area contributed by atoms with Crippen molar-refractivity contribution in [2.24, 2.45) is 0 Å². The molecule has 0 spiro atoms. The smallest absolute Gasteiger partial charge is 0.342 e. The second kappa shape index (κ2) is 6.60. The van der Waals surface area contributed by atoms with Gasteiger partial charge in [-0.25, -0.2) is 4.79 Å². The lowest BCUT2D eigenvalue weighted by Gasteiger charge is -2.13. The van der Waals surface area contributed by atoms with Crippen molar-refractivity contribution in [3.63, 3.8) is 0 Å². The second-order valence-corrected chi connectivity index (χ2v) is 4.36. The summed E-state index contributed by atoms with van der Waals surface area (Å²) in [6.07, 6.45) is 0.524. The number of nitrogens with one attached hydrogen (secondary N) is 1. The van der Waals surface area contributed by atoms with Crippen LogP contribution < -0.4 is 5.32 Å². The number of carbonyl (C=O) groups excluding carboxylic acids is 2. The maximum Gasteiger partial charge on any atom is 0.342 e. The van der Waals surface area contributed by atoms with E-state index >= 15 is 0 Å². The number of hydrogen-bond acceptors (Lipinski definition) is 5. The molecule has 2 aromatic rings. The number of phenols is 1. The number of para-hydroxylation sites is 1. The van der Waals surface area contributed by atoms with Gasteiger partial charge in [0, 0.05) is 0 Å². The van der Waals surface area contributed by atoms with Gasteiger partial charge in [-0.1, -0.05) is 12.1 Å². The lowest BCUT2D eigenvalue weighted by Crippen LogP contribution is -2.35. The highest BCUT2D eigenvalue weighted by Crippen LogP contribution is 2.17. The van der Waals surface area contributed by atoms with Gasteiger partial charge in [-0.2, -0.15) is 0 Å². The molecule has 1 aromatic carbocycles. The molecule has 110 valence electrons. The molecule has 1 atom stereocenters. The summed E-state index contributed by atoms with van der Waals surface area (Å²) in [5.41, 5.74) is 0.0168. The zero-order valence-corrected chi connectivity index (χ0v) is 11.4. The fourth-order valence-electron chi connectivity index (χ4n) is 1.65.